The summed E-state index contributed by atoms with van der Waals surface area (Å²) in [4.78, 5) is 14.5. The van der Waals surface area contributed by atoms with Gasteiger partial charge in [0.15, 0.2) is 0 Å². The van der Waals surface area contributed by atoms with Crippen LogP contribution < -0.4 is 5.73 Å². The number of carbonyl (C=O) groups excluding carboxylic acids is 1. The first-order chi connectivity index (χ1) is 8.63. The number of anilines is 1. The molecule has 1 aliphatic rings. The Bertz CT molecular complexity index is 443. The van der Waals surface area contributed by atoms with Crippen LogP contribution >= 0.6 is 15.9 Å². The Morgan fingerprint density at radius 3 is 2.83 bits per heavy atom. The van der Waals surface area contributed by atoms with E-state index in [2.05, 4.69) is 22.9 Å². The minimum Gasteiger partial charge on any atom is -0.398 e. The lowest BCUT2D eigenvalue weighted by atomic mass is 10.1. The fourth-order valence-corrected chi connectivity index (χ4v) is 2.48. The highest BCUT2D eigenvalue weighted by atomic mass is 79.9. The van der Waals surface area contributed by atoms with Crippen LogP contribution in [0.3, 0.4) is 0 Å². The Kier molecular flexibility index (Phi) is 4.27. The first kappa shape index (κ1) is 13.4. The standard InChI is InChI=1S/C14H19BrN2O/c1-2-8-17(9-10-6-7-10)14(18)11-4-3-5-12(16)13(11)15/h3-5,10H,2,6-9,16H2,1H3. The van der Waals surface area contributed by atoms with Crippen LogP contribution in [0, 0.1) is 5.92 Å². The number of amides is 1. The minimum atomic E-state index is 0.0860. The van der Waals surface area contributed by atoms with E-state index < -0.39 is 0 Å². The number of hydrogen-bond acceptors (Lipinski definition) is 2. The monoisotopic (exact) mass is 310 g/mol. The molecule has 2 rings (SSSR count). The Balaban J connectivity index is 2.17. The van der Waals surface area contributed by atoms with Crippen molar-refractivity contribution in [3.8, 4) is 0 Å². The van der Waals surface area contributed by atoms with E-state index in [0.29, 0.717) is 21.6 Å². The van der Waals surface area contributed by atoms with Crippen LogP contribution in [-0.2, 0) is 0 Å². The van der Waals surface area contributed by atoms with Crippen molar-refractivity contribution in [2.24, 2.45) is 5.92 Å². The Morgan fingerprint density at radius 1 is 1.50 bits per heavy atom. The number of rotatable bonds is 5. The Morgan fingerprint density at radius 2 is 2.22 bits per heavy atom. The second-order valence-electron chi connectivity index (χ2n) is 4.90. The molecule has 98 valence electrons. The van der Waals surface area contributed by atoms with Crippen LogP contribution in [0.1, 0.15) is 36.5 Å². The van der Waals surface area contributed by atoms with Gasteiger partial charge in [-0.1, -0.05) is 13.0 Å². The quantitative estimate of drug-likeness (QED) is 0.848. The Hall–Kier alpha value is -1.03. The molecule has 0 aliphatic heterocycles. The molecule has 0 spiro atoms. The van der Waals surface area contributed by atoms with E-state index >= 15 is 0 Å². The number of nitrogen functional groups attached to an aromatic ring is 1. The molecule has 1 amide bonds. The maximum absolute atomic E-state index is 12.5. The largest absolute Gasteiger partial charge is 0.398 e. The van der Waals surface area contributed by atoms with Crippen molar-refractivity contribution in [3.05, 3.63) is 28.2 Å². The van der Waals surface area contributed by atoms with Crippen molar-refractivity contribution >= 4 is 27.5 Å². The van der Waals surface area contributed by atoms with Crippen molar-refractivity contribution in [1.29, 1.82) is 0 Å². The summed E-state index contributed by atoms with van der Waals surface area (Å²) < 4.78 is 0.715. The van der Waals surface area contributed by atoms with Gasteiger partial charge in [0, 0.05) is 18.8 Å². The molecule has 4 heteroatoms. The average Bonchev–Trinajstić information content (AvgIpc) is 3.15. The van der Waals surface area contributed by atoms with Crippen LogP contribution in [0.4, 0.5) is 5.69 Å². The summed E-state index contributed by atoms with van der Waals surface area (Å²) in [5.74, 6) is 0.795. The third kappa shape index (κ3) is 3.05. The van der Waals surface area contributed by atoms with Gasteiger partial charge in [-0.3, -0.25) is 4.79 Å². The van der Waals surface area contributed by atoms with Gasteiger partial charge >= 0.3 is 0 Å². The van der Waals surface area contributed by atoms with Crippen LogP contribution in [0.25, 0.3) is 0 Å². The van der Waals surface area contributed by atoms with E-state index in [1.54, 1.807) is 6.07 Å². The van der Waals surface area contributed by atoms with Gasteiger partial charge in [0.2, 0.25) is 0 Å². The third-order valence-electron chi connectivity index (χ3n) is 3.22. The molecule has 0 atom stereocenters. The smallest absolute Gasteiger partial charge is 0.255 e. The summed E-state index contributed by atoms with van der Waals surface area (Å²) in [5, 5.41) is 0. The van der Waals surface area contributed by atoms with Gasteiger partial charge in [-0.2, -0.15) is 0 Å². The van der Waals surface area contributed by atoms with Crippen molar-refractivity contribution in [1.82, 2.24) is 4.90 Å². The van der Waals surface area contributed by atoms with Gasteiger partial charge in [-0.05, 0) is 53.2 Å². The fourth-order valence-electron chi connectivity index (χ4n) is 2.04. The lowest BCUT2D eigenvalue weighted by molar-refractivity contribution is 0.0747. The van der Waals surface area contributed by atoms with Crippen LogP contribution in [0.15, 0.2) is 22.7 Å². The molecule has 1 aromatic carbocycles. The van der Waals surface area contributed by atoms with Gasteiger partial charge in [0.05, 0.1) is 10.0 Å². The molecular weight excluding hydrogens is 292 g/mol. The molecule has 1 saturated carbocycles. The zero-order valence-electron chi connectivity index (χ0n) is 10.7. The fraction of sp³-hybridized carbons (Fsp3) is 0.500. The number of nitrogens with two attached hydrogens (primary N) is 1. The predicted octanol–water partition coefficient (Wildman–Crippen LogP) is 3.29. The average molecular weight is 311 g/mol. The molecule has 2 N–H and O–H groups in total. The summed E-state index contributed by atoms with van der Waals surface area (Å²) in [6.07, 6.45) is 3.50. The van der Waals surface area contributed by atoms with E-state index in [0.717, 1.165) is 19.5 Å². The molecule has 0 radical (unpaired) electrons. The first-order valence-corrected chi connectivity index (χ1v) is 7.26. The maximum Gasteiger partial charge on any atom is 0.255 e. The zero-order valence-corrected chi connectivity index (χ0v) is 12.2. The molecule has 1 fully saturated rings. The molecule has 0 aromatic heterocycles. The van der Waals surface area contributed by atoms with E-state index in [1.807, 2.05) is 17.0 Å². The lowest BCUT2D eigenvalue weighted by Gasteiger charge is -2.23. The van der Waals surface area contributed by atoms with E-state index in [-0.39, 0.29) is 5.91 Å². The summed E-state index contributed by atoms with van der Waals surface area (Å²) in [6.45, 7) is 3.80. The van der Waals surface area contributed by atoms with Gasteiger partial charge < -0.3 is 10.6 Å². The van der Waals surface area contributed by atoms with Gasteiger partial charge in [-0.25, -0.2) is 0 Å². The lowest BCUT2D eigenvalue weighted by Crippen LogP contribution is -2.33. The van der Waals surface area contributed by atoms with Crippen LogP contribution in [0.2, 0.25) is 0 Å². The highest BCUT2D eigenvalue weighted by Crippen LogP contribution is 2.31. The van der Waals surface area contributed by atoms with Crippen LogP contribution in [0.5, 0.6) is 0 Å². The van der Waals surface area contributed by atoms with E-state index in [1.165, 1.54) is 12.8 Å². The molecule has 1 aromatic rings. The normalized spacial score (nSPS) is 14.6. The summed E-state index contributed by atoms with van der Waals surface area (Å²) in [6, 6.07) is 5.46. The molecule has 0 bridgehead atoms. The molecule has 18 heavy (non-hydrogen) atoms. The van der Waals surface area contributed by atoms with E-state index in [4.69, 9.17) is 5.73 Å². The number of hydrogen-bond donors (Lipinski definition) is 1. The minimum absolute atomic E-state index is 0.0860. The van der Waals surface area contributed by atoms with Gasteiger partial charge in [-0.15, -0.1) is 0 Å². The summed E-state index contributed by atoms with van der Waals surface area (Å²) in [5.41, 5.74) is 7.11. The number of halogens is 1. The van der Waals surface area contributed by atoms with Crippen molar-refractivity contribution < 1.29 is 4.79 Å². The highest BCUT2D eigenvalue weighted by Gasteiger charge is 2.27. The van der Waals surface area contributed by atoms with Crippen molar-refractivity contribution in [2.45, 2.75) is 26.2 Å². The van der Waals surface area contributed by atoms with Gasteiger partial charge in [0.1, 0.15) is 0 Å². The maximum atomic E-state index is 12.5. The van der Waals surface area contributed by atoms with Crippen LogP contribution in [-0.4, -0.2) is 23.9 Å². The predicted molar refractivity (Wildman–Crippen MR) is 77.5 cm³/mol. The SMILES string of the molecule is CCCN(CC1CC1)C(=O)c1cccc(N)c1Br. The third-order valence-corrected chi connectivity index (χ3v) is 4.10. The molecular formula is C14H19BrN2O. The molecule has 0 unspecified atom stereocenters. The summed E-state index contributed by atoms with van der Waals surface area (Å²) in [7, 11) is 0. The number of benzene rings is 1. The van der Waals surface area contributed by atoms with Gasteiger partial charge in [0.25, 0.3) is 5.91 Å². The molecule has 0 saturated heterocycles. The highest BCUT2D eigenvalue weighted by molar-refractivity contribution is 9.10. The molecule has 1 aliphatic carbocycles. The molecule has 0 heterocycles. The topological polar surface area (TPSA) is 46.3 Å². The second-order valence-corrected chi connectivity index (χ2v) is 5.70. The van der Waals surface area contributed by atoms with Crippen molar-refractivity contribution in [3.63, 3.8) is 0 Å². The summed E-state index contributed by atoms with van der Waals surface area (Å²) >= 11 is 3.41. The Labute approximate surface area is 116 Å². The van der Waals surface area contributed by atoms with Crippen molar-refractivity contribution in [2.75, 3.05) is 18.8 Å². The number of carbonyl (C=O) groups is 1. The second kappa shape index (κ2) is 5.74. The first-order valence-electron chi connectivity index (χ1n) is 6.46. The number of nitrogens with zero attached hydrogens (tertiary/aromatic N) is 1. The molecule has 3 nitrogen and oxygen atoms in total. The zero-order chi connectivity index (χ0) is 13.1. The van der Waals surface area contributed by atoms with E-state index in [9.17, 15) is 4.79 Å².